The van der Waals surface area contributed by atoms with Gasteiger partial charge in [-0.25, -0.2) is 0 Å². The highest BCUT2D eigenvalue weighted by atomic mass is 79.9. The highest BCUT2D eigenvalue weighted by molar-refractivity contribution is 9.10. The number of benzene rings is 1. The molecule has 1 heterocycles. The molecule has 6 heteroatoms. The average Bonchev–Trinajstić information content (AvgIpc) is 3.48. The number of pyridine rings is 1. The van der Waals surface area contributed by atoms with E-state index in [2.05, 4.69) is 57.8 Å². The van der Waals surface area contributed by atoms with Crippen molar-refractivity contribution in [2.45, 2.75) is 44.6 Å². The maximum atomic E-state index is 11.7. The van der Waals surface area contributed by atoms with Crippen LogP contribution in [0.3, 0.4) is 0 Å². The van der Waals surface area contributed by atoms with Gasteiger partial charge in [-0.1, -0.05) is 40.2 Å². The zero-order valence-corrected chi connectivity index (χ0v) is 18.0. The number of halogens is 1. The van der Waals surface area contributed by atoms with Crippen molar-refractivity contribution in [3.05, 3.63) is 69.1 Å². The summed E-state index contributed by atoms with van der Waals surface area (Å²) in [6.07, 6.45) is 6.16. The van der Waals surface area contributed by atoms with Crippen LogP contribution in [0.15, 0.2) is 62.9 Å². The molecule has 5 nitrogen and oxygen atoms in total. The lowest BCUT2D eigenvalue weighted by molar-refractivity contribution is 0.585. The summed E-state index contributed by atoms with van der Waals surface area (Å²) in [4.78, 5) is 16.6. The van der Waals surface area contributed by atoms with Crippen molar-refractivity contribution in [2.24, 2.45) is 4.99 Å². The Morgan fingerprint density at radius 3 is 2.64 bits per heavy atom. The summed E-state index contributed by atoms with van der Waals surface area (Å²) in [5, 5.41) is 6.77. The highest BCUT2D eigenvalue weighted by Crippen LogP contribution is 2.50. The zero-order chi connectivity index (χ0) is 19.8. The molecule has 1 aliphatic rings. The molecule has 0 atom stereocenters. The number of rotatable bonds is 9. The molecule has 0 aliphatic heterocycles. The summed E-state index contributed by atoms with van der Waals surface area (Å²) < 4.78 is 2.94. The Hall–Kier alpha value is -2.08. The molecule has 28 heavy (non-hydrogen) atoms. The number of aryl methyl sites for hydroxylation is 1. The van der Waals surface area contributed by atoms with Crippen LogP contribution in [0.5, 0.6) is 0 Å². The monoisotopic (exact) mass is 444 g/mol. The van der Waals surface area contributed by atoms with Crippen LogP contribution in [0, 0.1) is 0 Å². The van der Waals surface area contributed by atoms with Crippen molar-refractivity contribution >= 4 is 21.9 Å². The zero-order valence-electron chi connectivity index (χ0n) is 16.5. The van der Waals surface area contributed by atoms with Crippen LogP contribution < -0.4 is 16.2 Å². The third-order valence-electron chi connectivity index (χ3n) is 5.20. The van der Waals surface area contributed by atoms with Crippen LogP contribution in [0.25, 0.3) is 0 Å². The highest BCUT2D eigenvalue weighted by Gasteiger charge is 2.45. The van der Waals surface area contributed by atoms with E-state index < -0.39 is 0 Å². The first-order chi connectivity index (χ1) is 13.6. The van der Waals surface area contributed by atoms with Crippen LogP contribution in [0.4, 0.5) is 0 Å². The molecule has 0 amide bonds. The topological polar surface area (TPSA) is 58.4 Å². The molecule has 0 unspecified atom stereocenters. The van der Waals surface area contributed by atoms with E-state index >= 15 is 0 Å². The summed E-state index contributed by atoms with van der Waals surface area (Å²) >= 11 is 3.69. The third-order valence-corrected chi connectivity index (χ3v) is 5.89. The minimum atomic E-state index is 0.0622. The lowest BCUT2D eigenvalue weighted by atomic mass is 9.96. The first-order valence-electron chi connectivity index (χ1n) is 10.1. The van der Waals surface area contributed by atoms with Crippen molar-refractivity contribution in [3.63, 3.8) is 0 Å². The van der Waals surface area contributed by atoms with Gasteiger partial charge >= 0.3 is 0 Å². The molecule has 2 N–H and O–H groups in total. The smallest absolute Gasteiger partial charge is 0.250 e. The molecular formula is C22H29BrN4O. The molecule has 1 fully saturated rings. The van der Waals surface area contributed by atoms with Crippen LogP contribution in [-0.4, -0.2) is 30.2 Å². The van der Waals surface area contributed by atoms with E-state index in [1.807, 2.05) is 12.3 Å². The van der Waals surface area contributed by atoms with Gasteiger partial charge in [-0.2, -0.15) is 0 Å². The number of hydrogen-bond donors (Lipinski definition) is 2. The Balaban J connectivity index is 1.49. The lowest BCUT2D eigenvalue weighted by Gasteiger charge is -2.17. The SMILES string of the molecule is CCNC(=NCC1(c2ccccc2Br)CC1)NCCCCn1ccccc1=O. The van der Waals surface area contributed by atoms with Crippen molar-refractivity contribution in [1.82, 2.24) is 15.2 Å². The van der Waals surface area contributed by atoms with Gasteiger partial charge in [-0.3, -0.25) is 9.79 Å². The second-order valence-corrected chi connectivity index (χ2v) is 8.18. The molecule has 150 valence electrons. The number of hydrogen-bond acceptors (Lipinski definition) is 2. The molecule has 1 aromatic heterocycles. The fourth-order valence-electron chi connectivity index (χ4n) is 3.39. The van der Waals surface area contributed by atoms with Gasteiger partial charge < -0.3 is 15.2 Å². The number of guanidine groups is 1. The van der Waals surface area contributed by atoms with E-state index in [0.29, 0.717) is 0 Å². The molecule has 1 saturated carbocycles. The van der Waals surface area contributed by atoms with Crippen LogP contribution in [0.1, 0.15) is 38.2 Å². The minimum Gasteiger partial charge on any atom is -0.357 e. The fourth-order valence-corrected chi connectivity index (χ4v) is 4.09. The van der Waals surface area contributed by atoms with E-state index in [9.17, 15) is 4.79 Å². The number of aliphatic imine (C=N–C) groups is 1. The fraction of sp³-hybridized carbons (Fsp3) is 0.455. The first-order valence-corrected chi connectivity index (χ1v) is 10.9. The summed E-state index contributed by atoms with van der Waals surface area (Å²) in [5.41, 5.74) is 1.60. The molecule has 3 rings (SSSR count). The molecule has 0 saturated heterocycles. The summed E-state index contributed by atoms with van der Waals surface area (Å²) in [6.45, 7) is 5.31. The summed E-state index contributed by atoms with van der Waals surface area (Å²) in [7, 11) is 0. The Bertz CT molecular complexity index is 857. The Morgan fingerprint density at radius 1 is 1.14 bits per heavy atom. The molecule has 1 aliphatic carbocycles. The standard InChI is InChI=1S/C22H29BrN4O/c1-2-24-21(25-14-6-8-16-27-15-7-5-11-20(27)28)26-17-22(12-13-22)18-9-3-4-10-19(18)23/h3-5,7,9-11,15H,2,6,8,12-14,16-17H2,1H3,(H2,24,25,26). The first kappa shape index (κ1) is 20.6. The van der Waals surface area contributed by atoms with Crippen molar-refractivity contribution in [1.29, 1.82) is 0 Å². The van der Waals surface area contributed by atoms with E-state index in [1.54, 1.807) is 16.7 Å². The van der Waals surface area contributed by atoms with Gasteiger partial charge in [-0.05, 0) is 50.3 Å². The predicted octanol–water partition coefficient (Wildman–Crippen LogP) is 3.68. The van der Waals surface area contributed by atoms with Gasteiger partial charge in [0.25, 0.3) is 0 Å². The quantitative estimate of drug-likeness (QED) is 0.352. The lowest BCUT2D eigenvalue weighted by Crippen LogP contribution is -2.38. The van der Waals surface area contributed by atoms with Crippen molar-refractivity contribution < 1.29 is 0 Å². The molecule has 0 radical (unpaired) electrons. The number of nitrogens with one attached hydrogen (secondary N) is 2. The maximum absolute atomic E-state index is 11.7. The van der Waals surface area contributed by atoms with E-state index in [0.717, 1.165) is 45.0 Å². The molecular weight excluding hydrogens is 416 g/mol. The van der Waals surface area contributed by atoms with Crippen LogP contribution in [0.2, 0.25) is 0 Å². The predicted molar refractivity (Wildman–Crippen MR) is 119 cm³/mol. The van der Waals surface area contributed by atoms with Crippen LogP contribution >= 0.6 is 15.9 Å². The van der Waals surface area contributed by atoms with Gasteiger partial charge in [0.05, 0.1) is 6.54 Å². The number of aromatic nitrogens is 1. The molecule has 0 spiro atoms. The summed E-state index contributed by atoms with van der Waals surface area (Å²) in [5.74, 6) is 0.873. The molecule has 0 bridgehead atoms. The largest absolute Gasteiger partial charge is 0.357 e. The molecule has 1 aromatic carbocycles. The van der Waals surface area contributed by atoms with E-state index in [4.69, 9.17) is 4.99 Å². The Labute approximate surface area is 175 Å². The Morgan fingerprint density at radius 2 is 1.93 bits per heavy atom. The summed E-state index contributed by atoms with van der Waals surface area (Å²) in [6, 6.07) is 13.8. The Kier molecular flexibility index (Phi) is 7.31. The normalized spacial score (nSPS) is 15.3. The second-order valence-electron chi connectivity index (χ2n) is 7.32. The van der Waals surface area contributed by atoms with Gasteiger partial charge in [0.1, 0.15) is 0 Å². The van der Waals surface area contributed by atoms with Gasteiger partial charge in [0, 0.05) is 41.8 Å². The van der Waals surface area contributed by atoms with Crippen molar-refractivity contribution in [2.75, 3.05) is 19.6 Å². The second kappa shape index (κ2) is 9.92. The minimum absolute atomic E-state index is 0.0622. The third kappa shape index (κ3) is 5.47. The van der Waals surface area contributed by atoms with Gasteiger partial charge in [-0.15, -0.1) is 0 Å². The maximum Gasteiger partial charge on any atom is 0.250 e. The number of unbranched alkanes of at least 4 members (excludes halogenated alkanes) is 1. The molecule has 2 aromatic rings. The van der Waals surface area contributed by atoms with Crippen LogP contribution in [-0.2, 0) is 12.0 Å². The van der Waals surface area contributed by atoms with Gasteiger partial charge in [0.2, 0.25) is 5.56 Å². The van der Waals surface area contributed by atoms with Crippen molar-refractivity contribution in [3.8, 4) is 0 Å². The number of nitrogens with zero attached hydrogens (tertiary/aromatic N) is 2. The van der Waals surface area contributed by atoms with Gasteiger partial charge in [0.15, 0.2) is 5.96 Å². The van der Waals surface area contributed by atoms with E-state index in [1.165, 1.54) is 22.9 Å². The average molecular weight is 445 g/mol. The van der Waals surface area contributed by atoms with E-state index in [-0.39, 0.29) is 11.0 Å².